The van der Waals surface area contributed by atoms with Gasteiger partial charge < -0.3 is 0 Å². The van der Waals surface area contributed by atoms with Gasteiger partial charge in [-0.3, -0.25) is 10.0 Å². The van der Waals surface area contributed by atoms with Gasteiger partial charge in [-0.25, -0.2) is 5.06 Å². The van der Waals surface area contributed by atoms with E-state index >= 15 is 0 Å². The highest BCUT2D eigenvalue weighted by Crippen LogP contribution is 2.43. The number of nitrogens with zero attached hydrogens (tertiary/aromatic N) is 1. The summed E-state index contributed by atoms with van der Waals surface area (Å²) in [7, 11) is 1.40. The Morgan fingerprint density at radius 3 is 2.67 bits per heavy atom. The van der Waals surface area contributed by atoms with E-state index < -0.39 is 0 Å². The highest BCUT2D eigenvalue weighted by atomic mass is 16.5. The largest absolute Gasteiger partial charge is 0.286 e. The number of amides is 1. The van der Waals surface area contributed by atoms with E-state index in [0.717, 1.165) is 17.9 Å². The molecule has 0 saturated heterocycles. The molecule has 3 nitrogen and oxygen atoms in total. The molecule has 0 aromatic heterocycles. The van der Waals surface area contributed by atoms with E-state index in [1.54, 1.807) is 0 Å². The van der Waals surface area contributed by atoms with Crippen LogP contribution in [0, 0.1) is 17.8 Å². The van der Waals surface area contributed by atoms with Gasteiger partial charge >= 0.3 is 0 Å². The van der Waals surface area contributed by atoms with Crippen molar-refractivity contribution in [2.24, 2.45) is 17.8 Å². The second-order valence-corrected chi connectivity index (χ2v) is 3.75. The number of carbonyl (C=O) groups excluding carboxylic acids is 1. The molecule has 1 N–H and O–H groups in total. The molecule has 1 fully saturated rings. The van der Waals surface area contributed by atoms with Crippen LogP contribution in [0.2, 0.25) is 0 Å². The molecule has 0 aromatic carbocycles. The first-order valence-corrected chi connectivity index (χ1v) is 4.33. The van der Waals surface area contributed by atoms with Gasteiger partial charge in [-0.2, -0.15) is 0 Å². The summed E-state index contributed by atoms with van der Waals surface area (Å²) < 4.78 is 0. The minimum Gasteiger partial charge on any atom is -0.286 e. The highest BCUT2D eigenvalue weighted by Gasteiger charge is 2.40. The van der Waals surface area contributed by atoms with Crippen molar-refractivity contribution in [2.75, 3.05) is 7.05 Å². The van der Waals surface area contributed by atoms with Gasteiger partial charge in [0.15, 0.2) is 0 Å². The molecule has 2 bridgehead atoms. The van der Waals surface area contributed by atoms with Crippen molar-refractivity contribution in [3.8, 4) is 0 Å². The molecule has 0 aliphatic heterocycles. The maximum absolute atomic E-state index is 11.4. The molecule has 0 radical (unpaired) electrons. The lowest BCUT2D eigenvalue weighted by molar-refractivity contribution is -0.165. The SMILES string of the molecule is CN(O)C(=O)[C@H]1C[C@@H]2C=C[C@H]1C2. The zero-order valence-corrected chi connectivity index (χ0v) is 7.10. The lowest BCUT2D eigenvalue weighted by Gasteiger charge is -2.19. The van der Waals surface area contributed by atoms with E-state index in [-0.39, 0.29) is 11.8 Å². The number of hydrogen-bond acceptors (Lipinski definition) is 2. The Bertz CT molecular complexity index is 235. The number of hydroxylamine groups is 2. The molecule has 1 amide bonds. The molecule has 0 heterocycles. The molecular formula is C9H13NO2. The van der Waals surface area contributed by atoms with Crippen molar-refractivity contribution in [2.45, 2.75) is 12.8 Å². The van der Waals surface area contributed by atoms with Crippen LogP contribution in [0.25, 0.3) is 0 Å². The number of allylic oxidation sites excluding steroid dienone is 2. The standard InChI is InChI=1S/C9H13NO2/c1-10(12)9(11)8-5-6-2-3-7(8)4-6/h2-3,6-8,12H,4-5H2,1H3/t6-,7+,8+/m1/s1. The molecule has 66 valence electrons. The summed E-state index contributed by atoms with van der Waals surface area (Å²) in [4.78, 5) is 11.4. The van der Waals surface area contributed by atoms with E-state index in [2.05, 4.69) is 12.2 Å². The van der Waals surface area contributed by atoms with Crippen LogP contribution < -0.4 is 0 Å². The maximum Gasteiger partial charge on any atom is 0.249 e. The van der Waals surface area contributed by atoms with E-state index in [1.165, 1.54) is 7.05 Å². The first-order valence-electron chi connectivity index (χ1n) is 4.33. The summed E-state index contributed by atoms with van der Waals surface area (Å²) in [5.74, 6) is 0.878. The lowest BCUT2D eigenvalue weighted by Crippen LogP contribution is -2.32. The minimum atomic E-state index is -0.133. The first-order chi connectivity index (χ1) is 5.68. The third kappa shape index (κ3) is 1.05. The molecule has 1 saturated carbocycles. The molecule has 2 rings (SSSR count). The Labute approximate surface area is 71.6 Å². The molecule has 2 aliphatic carbocycles. The van der Waals surface area contributed by atoms with Gasteiger partial charge in [-0.15, -0.1) is 0 Å². The molecule has 3 atom stereocenters. The molecule has 0 spiro atoms. The van der Waals surface area contributed by atoms with E-state index in [4.69, 9.17) is 5.21 Å². The zero-order valence-electron chi connectivity index (χ0n) is 7.10. The van der Waals surface area contributed by atoms with E-state index in [0.29, 0.717) is 11.8 Å². The number of fused-ring (bicyclic) bond motifs is 2. The third-order valence-electron chi connectivity index (χ3n) is 2.92. The predicted molar refractivity (Wildman–Crippen MR) is 43.4 cm³/mol. The fourth-order valence-electron chi connectivity index (χ4n) is 2.30. The average Bonchev–Trinajstić information content (AvgIpc) is 2.62. The zero-order chi connectivity index (χ0) is 8.72. The molecule has 12 heavy (non-hydrogen) atoms. The van der Waals surface area contributed by atoms with Gasteiger partial charge in [-0.05, 0) is 24.7 Å². The van der Waals surface area contributed by atoms with Crippen LogP contribution in [-0.4, -0.2) is 23.2 Å². The van der Waals surface area contributed by atoms with Gasteiger partial charge in [0.05, 0.1) is 0 Å². The van der Waals surface area contributed by atoms with Crippen LogP contribution >= 0.6 is 0 Å². The smallest absolute Gasteiger partial charge is 0.249 e. The summed E-state index contributed by atoms with van der Waals surface area (Å²) in [5.41, 5.74) is 0. The Morgan fingerprint density at radius 2 is 2.25 bits per heavy atom. The Morgan fingerprint density at radius 1 is 1.50 bits per heavy atom. The van der Waals surface area contributed by atoms with Gasteiger partial charge in [0, 0.05) is 13.0 Å². The highest BCUT2D eigenvalue weighted by molar-refractivity contribution is 5.78. The van der Waals surface area contributed by atoms with Crippen LogP contribution in [0.4, 0.5) is 0 Å². The van der Waals surface area contributed by atoms with Crippen LogP contribution in [0.1, 0.15) is 12.8 Å². The predicted octanol–water partition coefficient (Wildman–Crippen LogP) is 1.05. The molecule has 0 aromatic rings. The van der Waals surface area contributed by atoms with Crippen LogP contribution in [0.5, 0.6) is 0 Å². The topological polar surface area (TPSA) is 40.5 Å². The van der Waals surface area contributed by atoms with E-state index in [9.17, 15) is 4.79 Å². The lowest BCUT2D eigenvalue weighted by atomic mass is 9.93. The maximum atomic E-state index is 11.4. The second kappa shape index (κ2) is 2.59. The number of rotatable bonds is 1. The summed E-state index contributed by atoms with van der Waals surface area (Å²) in [6, 6.07) is 0. The van der Waals surface area contributed by atoms with Gasteiger partial charge in [0.2, 0.25) is 5.91 Å². The van der Waals surface area contributed by atoms with E-state index in [1.807, 2.05) is 0 Å². The van der Waals surface area contributed by atoms with Gasteiger partial charge in [-0.1, -0.05) is 12.2 Å². The number of carbonyl (C=O) groups is 1. The van der Waals surface area contributed by atoms with Crippen LogP contribution in [-0.2, 0) is 4.79 Å². The van der Waals surface area contributed by atoms with Gasteiger partial charge in [0.25, 0.3) is 0 Å². The third-order valence-corrected chi connectivity index (χ3v) is 2.92. The monoisotopic (exact) mass is 167 g/mol. The first kappa shape index (κ1) is 7.80. The quantitative estimate of drug-likeness (QED) is 0.360. The summed E-state index contributed by atoms with van der Waals surface area (Å²) in [6.07, 6.45) is 6.32. The Balaban J connectivity index is 2.08. The summed E-state index contributed by atoms with van der Waals surface area (Å²) in [6.45, 7) is 0. The average molecular weight is 167 g/mol. The van der Waals surface area contributed by atoms with Crippen molar-refractivity contribution in [3.05, 3.63) is 12.2 Å². The molecule has 3 heteroatoms. The fourth-order valence-corrected chi connectivity index (χ4v) is 2.30. The van der Waals surface area contributed by atoms with Crippen LogP contribution in [0.3, 0.4) is 0 Å². The normalized spacial score (nSPS) is 37.3. The number of hydrogen-bond donors (Lipinski definition) is 1. The Kier molecular flexibility index (Phi) is 1.68. The minimum absolute atomic E-state index is 0.0370. The van der Waals surface area contributed by atoms with Gasteiger partial charge in [0.1, 0.15) is 0 Å². The van der Waals surface area contributed by atoms with Crippen molar-refractivity contribution >= 4 is 5.91 Å². The van der Waals surface area contributed by atoms with Crippen molar-refractivity contribution in [3.63, 3.8) is 0 Å². The fraction of sp³-hybridized carbons (Fsp3) is 0.667. The van der Waals surface area contributed by atoms with Crippen molar-refractivity contribution in [1.29, 1.82) is 0 Å². The Hall–Kier alpha value is -0.830. The van der Waals surface area contributed by atoms with Crippen molar-refractivity contribution in [1.82, 2.24) is 5.06 Å². The molecule has 2 aliphatic rings. The summed E-state index contributed by atoms with van der Waals surface area (Å²) in [5, 5.41) is 9.69. The van der Waals surface area contributed by atoms with Crippen molar-refractivity contribution < 1.29 is 10.0 Å². The summed E-state index contributed by atoms with van der Waals surface area (Å²) >= 11 is 0. The molecule has 0 unspecified atom stereocenters. The second-order valence-electron chi connectivity index (χ2n) is 3.75. The molecular weight excluding hydrogens is 154 g/mol. The van der Waals surface area contributed by atoms with Crippen LogP contribution in [0.15, 0.2) is 12.2 Å².